The van der Waals surface area contributed by atoms with Crippen LogP contribution >= 0.6 is 11.6 Å². The summed E-state index contributed by atoms with van der Waals surface area (Å²) < 4.78 is 0. The number of benzene rings is 1. The van der Waals surface area contributed by atoms with E-state index in [-0.39, 0.29) is 5.92 Å². The van der Waals surface area contributed by atoms with E-state index in [1.54, 1.807) is 24.3 Å². The van der Waals surface area contributed by atoms with Gasteiger partial charge in [0.05, 0.1) is 6.21 Å². The molecule has 0 saturated carbocycles. The molecule has 0 aromatic heterocycles. The molecule has 1 aromatic carbocycles. The van der Waals surface area contributed by atoms with Crippen LogP contribution in [0.2, 0.25) is 5.02 Å². The van der Waals surface area contributed by atoms with Gasteiger partial charge < -0.3 is 5.32 Å². The van der Waals surface area contributed by atoms with Gasteiger partial charge >= 0.3 is 11.8 Å². The molecule has 5 nitrogen and oxygen atoms in total. The molecule has 0 aliphatic carbocycles. The van der Waals surface area contributed by atoms with Gasteiger partial charge in [0.15, 0.2) is 0 Å². The first-order chi connectivity index (χ1) is 8.99. The Bertz CT molecular complexity index is 469. The Kier molecular flexibility index (Phi) is 6.02. The van der Waals surface area contributed by atoms with Gasteiger partial charge in [0.25, 0.3) is 0 Å². The minimum atomic E-state index is -0.786. The summed E-state index contributed by atoms with van der Waals surface area (Å²) in [6, 6.07) is 6.91. The summed E-state index contributed by atoms with van der Waals surface area (Å²) in [6.07, 6.45) is 1.43. The highest BCUT2D eigenvalue weighted by molar-refractivity contribution is 6.35. The molecule has 2 amide bonds. The van der Waals surface area contributed by atoms with Crippen LogP contribution in [0.25, 0.3) is 0 Å². The summed E-state index contributed by atoms with van der Waals surface area (Å²) in [7, 11) is 0. The summed E-state index contributed by atoms with van der Waals surface area (Å²) >= 11 is 5.73. The molecule has 1 aromatic rings. The van der Waals surface area contributed by atoms with Gasteiger partial charge in [0.1, 0.15) is 0 Å². The lowest BCUT2D eigenvalue weighted by molar-refractivity contribution is -0.139. The summed E-state index contributed by atoms with van der Waals surface area (Å²) in [5, 5.41) is 6.81. The maximum absolute atomic E-state index is 11.3. The van der Waals surface area contributed by atoms with Crippen LogP contribution in [0.15, 0.2) is 29.4 Å². The van der Waals surface area contributed by atoms with Gasteiger partial charge in [-0.05, 0) is 23.6 Å². The third-order valence-corrected chi connectivity index (χ3v) is 2.38. The SMILES string of the molecule is CC(C)CNC(=O)C(=O)N/N=C/c1ccc(Cl)cc1. The molecule has 0 heterocycles. The van der Waals surface area contributed by atoms with Crippen molar-refractivity contribution < 1.29 is 9.59 Å². The Labute approximate surface area is 117 Å². The molecular weight excluding hydrogens is 266 g/mol. The standard InChI is InChI=1S/C13H16ClN3O2/c1-9(2)7-15-12(18)13(19)17-16-8-10-3-5-11(14)6-4-10/h3-6,8-9H,7H2,1-2H3,(H,15,18)(H,17,19)/b16-8+. The van der Waals surface area contributed by atoms with Crippen LogP contribution in [0.3, 0.4) is 0 Å². The number of carbonyl (C=O) groups excluding carboxylic acids is 2. The van der Waals surface area contributed by atoms with E-state index >= 15 is 0 Å². The van der Waals surface area contributed by atoms with Crippen molar-refractivity contribution in [2.24, 2.45) is 11.0 Å². The highest BCUT2D eigenvalue weighted by atomic mass is 35.5. The quantitative estimate of drug-likeness (QED) is 0.499. The number of hydrogen-bond donors (Lipinski definition) is 2. The Morgan fingerprint density at radius 3 is 2.47 bits per heavy atom. The van der Waals surface area contributed by atoms with Crippen molar-refractivity contribution >= 4 is 29.6 Å². The summed E-state index contributed by atoms with van der Waals surface area (Å²) in [6.45, 7) is 4.33. The Morgan fingerprint density at radius 1 is 1.26 bits per heavy atom. The van der Waals surface area contributed by atoms with Gasteiger partial charge in [-0.15, -0.1) is 0 Å². The van der Waals surface area contributed by atoms with Crippen LogP contribution in [-0.4, -0.2) is 24.6 Å². The van der Waals surface area contributed by atoms with Gasteiger partial charge in [-0.1, -0.05) is 37.6 Å². The van der Waals surface area contributed by atoms with E-state index in [2.05, 4.69) is 15.8 Å². The van der Waals surface area contributed by atoms with Crippen LogP contribution in [0.4, 0.5) is 0 Å². The number of carbonyl (C=O) groups is 2. The van der Waals surface area contributed by atoms with E-state index < -0.39 is 11.8 Å². The second-order valence-corrected chi connectivity index (χ2v) is 4.79. The lowest BCUT2D eigenvalue weighted by Gasteiger charge is -2.05. The van der Waals surface area contributed by atoms with Crippen molar-refractivity contribution in [2.75, 3.05) is 6.54 Å². The van der Waals surface area contributed by atoms with Crippen molar-refractivity contribution in [3.05, 3.63) is 34.9 Å². The fourth-order valence-corrected chi connectivity index (χ4v) is 1.27. The predicted octanol–water partition coefficient (Wildman–Crippen LogP) is 1.56. The second-order valence-electron chi connectivity index (χ2n) is 4.35. The first-order valence-electron chi connectivity index (χ1n) is 5.86. The number of nitrogens with one attached hydrogen (secondary N) is 2. The van der Waals surface area contributed by atoms with E-state index in [1.807, 2.05) is 13.8 Å². The van der Waals surface area contributed by atoms with Gasteiger partial charge in [-0.2, -0.15) is 5.10 Å². The number of hydrogen-bond acceptors (Lipinski definition) is 3. The molecule has 0 bridgehead atoms. The number of nitrogens with zero attached hydrogens (tertiary/aromatic N) is 1. The fraction of sp³-hybridized carbons (Fsp3) is 0.308. The van der Waals surface area contributed by atoms with E-state index in [4.69, 9.17) is 11.6 Å². The average molecular weight is 282 g/mol. The predicted molar refractivity (Wildman–Crippen MR) is 75.0 cm³/mol. The van der Waals surface area contributed by atoms with Crippen LogP contribution in [-0.2, 0) is 9.59 Å². The highest BCUT2D eigenvalue weighted by Crippen LogP contribution is 2.07. The van der Waals surface area contributed by atoms with E-state index in [1.165, 1.54) is 6.21 Å². The molecule has 0 aliphatic heterocycles. The van der Waals surface area contributed by atoms with Crippen LogP contribution in [0.5, 0.6) is 0 Å². The van der Waals surface area contributed by atoms with Gasteiger partial charge in [-0.3, -0.25) is 9.59 Å². The molecule has 0 saturated heterocycles. The molecule has 0 spiro atoms. The molecule has 0 fully saturated rings. The first-order valence-corrected chi connectivity index (χ1v) is 6.23. The van der Waals surface area contributed by atoms with E-state index in [0.29, 0.717) is 11.6 Å². The van der Waals surface area contributed by atoms with Crippen LogP contribution in [0, 0.1) is 5.92 Å². The number of halogens is 1. The molecule has 0 aliphatic rings. The van der Waals surface area contributed by atoms with Gasteiger partial charge in [0, 0.05) is 11.6 Å². The Balaban J connectivity index is 2.41. The molecule has 1 rings (SSSR count). The molecule has 0 unspecified atom stereocenters. The zero-order chi connectivity index (χ0) is 14.3. The monoisotopic (exact) mass is 281 g/mol. The Morgan fingerprint density at radius 2 is 1.89 bits per heavy atom. The summed E-state index contributed by atoms with van der Waals surface area (Å²) in [5.74, 6) is -1.19. The van der Waals surface area contributed by atoms with E-state index in [0.717, 1.165) is 5.56 Å². The lowest BCUT2D eigenvalue weighted by Crippen LogP contribution is -2.39. The minimum absolute atomic E-state index is 0.286. The molecule has 0 radical (unpaired) electrons. The molecule has 2 N–H and O–H groups in total. The normalized spacial score (nSPS) is 10.7. The Hall–Kier alpha value is -1.88. The number of amides is 2. The van der Waals surface area contributed by atoms with Crippen molar-refractivity contribution in [3.8, 4) is 0 Å². The van der Waals surface area contributed by atoms with Gasteiger partial charge in [0.2, 0.25) is 0 Å². The molecule has 6 heteroatoms. The largest absolute Gasteiger partial charge is 0.348 e. The highest BCUT2D eigenvalue weighted by Gasteiger charge is 2.11. The van der Waals surface area contributed by atoms with Crippen LogP contribution in [0.1, 0.15) is 19.4 Å². The summed E-state index contributed by atoms with van der Waals surface area (Å²) in [5.41, 5.74) is 2.93. The second kappa shape index (κ2) is 7.53. The van der Waals surface area contributed by atoms with E-state index in [9.17, 15) is 9.59 Å². The first kappa shape index (κ1) is 15.2. The minimum Gasteiger partial charge on any atom is -0.348 e. The van der Waals surface area contributed by atoms with Crippen molar-refractivity contribution in [1.29, 1.82) is 0 Å². The maximum atomic E-state index is 11.3. The van der Waals surface area contributed by atoms with Crippen molar-refractivity contribution in [2.45, 2.75) is 13.8 Å². The van der Waals surface area contributed by atoms with Crippen molar-refractivity contribution in [3.63, 3.8) is 0 Å². The fourth-order valence-electron chi connectivity index (χ4n) is 1.14. The molecule has 0 atom stereocenters. The van der Waals surface area contributed by atoms with Crippen molar-refractivity contribution in [1.82, 2.24) is 10.7 Å². The molecule has 19 heavy (non-hydrogen) atoms. The zero-order valence-corrected chi connectivity index (χ0v) is 11.6. The third kappa shape index (κ3) is 6.01. The summed E-state index contributed by atoms with van der Waals surface area (Å²) in [4.78, 5) is 22.7. The smallest absolute Gasteiger partial charge is 0.329 e. The topological polar surface area (TPSA) is 70.6 Å². The average Bonchev–Trinajstić information content (AvgIpc) is 2.38. The van der Waals surface area contributed by atoms with Gasteiger partial charge in [-0.25, -0.2) is 5.43 Å². The molecule has 102 valence electrons. The lowest BCUT2D eigenvalue weighted by atomic mass is 10.2. The number of rotatable bonds is 4. The molecular formula is C13H16ClN3O2. The number of hydrazone groups is 1. The zero-order valence-electron chi connectivity index (χ0n) is 10.8. The maximum Gasteiger partial charge on any atom is 0.329 e. The van der Waals surface area contributed by atoms with Crippen LogP contribution < -0.4 is 10.7 Å². The third-order valence-electron chi connectivity index (χ3n) is 2.13.